The number of alkyl halides is 1. The third kappa shape index (κ3) is 2.16. The molecule has 106 valence electrons. The molecule has 0 saturated heterocycles. The summed E-state index contributed by atoms with van der Waals surface area (Å²) in [4.78, 5) is 18.7. The molecule has 0 amide bonds. The molecule has 1 N–H and O–H groups in total. The fourth-order valence-electron chi connectivity index (χ4n) is 2.38. The maximum Gasteiger partial charge on any atom is 0.304 e. The Morgan fingerprint density at radius 2 is 2.30 bits per heavy atom. The molecule has 0 unspecified atom stereocenters. The molecule has 0 aliphatic carbocycles. The minimum atomic E-state index is -0.0450. The fourth-order valence-corrected chi connectivity index (χ4v) is 3.13. The van der Waals surface area contributed by atoms with Crippen molar-refractivity contribution < 1.29 is 0 Å². The molecule has 0 radical (unpaired) electrons. The number of halogens is 1. The molecular weight excluding hydrogens is 298 g/mol. The Bertz CT molecular complexity index is 812. The van der Waals surface area contributed by atoms with Crippen molar-refractivity contribution in [1.82, 2.24) is 24.3 Å². The number of aromatic amines is 1. The van der Waals surface area contributed by atoms with E-state index >= 15 is 0 Å². The maximum absolute atomic E-state index is 11.3. The Kier molecular flexibility index (Phi) is 3.39. The topological polar surface area (TPSA) is 68.5 Å². The zero-order valence-corrected chi connectivity index (χ0v) is 12.8. The molecule has 0 saturated carbocycles. The highest BCUT2D eigenvalue weighted by molar-refractivity contribution is 7.07. The molecule has 3 rings (SSSR count). The van der Waals surface area contributed by atoms with Gasteiger partial charge in [0.15, 0.2) is 5.65 Å². The number of thiazole rings is 1. The summed E-state index contributed by atoms with van der Waals surface area (Å²) in [6, 6.07) is 0. The predicted octanol–water partition coefficient (Wildman–Crippen LogP) is 1.66. The number of H-pyrrole nitrogens is 1. The van der Waals surface area contributed by atoms with Gasteiger partial charge in [0.25, 0.3) is 0 Å². The molecule has 0 aliphatic rings. The molecule has 3 aromatic rings. The molecule has 0 fully saturated rings. The van der Waals surface area contributed by atoms with Gasteiger partial charge in [-0.25, -0.2) is 4.98 Å². The van der Waals surface area contributed by atoms with Gasteiger partial charge in [0.2, 0.25) is 0 Å². The summed E-state index contributed by atoms with van der Waals surface area (Å²) in [6.07, 6.45) is 0.685. The molecule has 3 aromatic heterocycles. The second-order valence-electron chi connectivity index (χ2n) is 4.61. The van der Waals surface area contributed by atoms with Crippen LogP contribution in [0.25, 0.3) is 11.2 Å². The third-order valence-electron chi connectivity index (χ3n) is 3.19. The number of fused-ring (bicyclic) bond motifs is 1. The molecule has 0 bridgehead atoms. The van der Waals surface area contributed by atoms with Gasteiger partial charge in [-0.2, -0.15) is 5.10 Å². The molecular formula is C12H14ClN5OS. The predicted molar refractivity (Wildman–Crippen MR) is 79.7 cm³/mol. The Hall–Kier alpha value is -1.60. The quantitative estimate of drug-likeness (QED) is 0.745. The van der Waals surface area contributed by atoms with E-state index < -0.39 is 0 Å². The van der Waals surface area contributed by atoms with Crippen LogP contribution in [-0.2, 0) is 20.0 Å². The van der Waals surface area contributed by atoms with Gasteiger partial charge in [-0.05, 0) is 6.92 Å². The molecule has 6 nitrogen and oxygen atoms in total. The van der Waals surface area contributed by atoms with Crippen molar-refractivity contribution in [3.8, 4) is 0 Å². The van der Waals surface area contributed by atoms with Gasteiger partial charge in [0, 0.05) is 30.4 Å². The van der Waals surface area contributed by atoms with E-state index in [1.54, 1.807) is 0 Å². The van der Waals surface area contributed by atoms with Crippen LogP contribution in [0.15, 0.2) is 10.2 Å². The van der Waals surface area contributed by atoms with Crippen LogP contribution in [0.2, 0.25) is 0 Å². The van der Waals surface area contributed by atoms with E-state index in [2.05, 4.69) is 19.6 Å². The Balaban J connectivity index is 2.14. The van der Waals surface area contributed by atoms with Crippen LogP contribution in [-0.4, -0.2) is 30.2 Å². The number of imidazole rings is 1. The zero-order chi connectivity index (χ0) is 14.3. The summed E-state index contributed by atoms with van der Waals surface area (Å²) in [6.45, 7) is 2.51. The van der Waals surface area contributed by atoms with Crippen LogP contribution < -0.4 is 4.87 Å². The zero-order valence-electron chi connectivity index (χ0n) is 11.2. The van der Waals surface area contributed by atoms with Crippen molar-refractivity contribution in [1.29, 1.82) is 0 Å². The number of hydrogen-bond acceptors (Lipinski definition) is 4. The molecule has 0 aliphatic heterocycles. The van der Waals surface area contributed by atoms with E-state index in [0.29, 0.717) is 18.8 Å². The van der Waals surface area contributed by atoms with Crippen molar-refractivity contribution in [3.63, 3.8) is 0 Å². The van der Waals surface area contributed by atoms with Crippen LogP contribution in [0.1, 0.15) is 17.2 Å². The van der Waals surface area contributed by atoms with Gasteiger partial charge < -0.3 is 9.55 Å². The number of nitrogens with one attached hydrogen (secondary N) is 1. The summed E-state index contributed by atoms with van der Waals surface area (Å²) in [5, 5.41) is 6.23. The first-order chi connectivity index (χ1) is 9.60. The first-order valence-corrected chi connectivity index (χ1v) is 7.63. The fraction of sp³-hybridized carbons (Fsp3) is 0.417. The lowest BCUT2D eigenvalue weighted by Crippen LogP contribution is -2.10. The van der Waals surface area contributed by atoms with Crippen molar-refractivity contribution in [2.45, 2.75) is 19.9 Å². The van der Waals surface area contributed by atoms with E-state index in [0.717, 1.165) is 28.4 Å². The lowest BCUT2D eigenvalue weighted by molar-refractivity contribution is 0.685. The molecule has 0 atom stereocenters. The Morgan fingerprint density at radius 1 is 1.50 bits per heavy atom. The van der Waals surface area contributed by atoms with Crippen LogP contribution in [0, 0.1) is 6.92 Å². The Labute approximate surface area is 124 Å². The van der Waals surface area contributed by atoms with Crippen LogP contribution in [0.4, 0.5) is 0 Å². The average molecular weight is 312 g/mol. The lowest BCUT2D eigenvalue weighted by atomic mass is 10.4. The minimum absolute atomic E-state index is 0.0450. The van der Waals surface area contributed by atoms with Crippen LogP contribution in [0.5, 0.6) is 0 Å². The summed E-state index contributed by atoms with van der Waals surface area (Å²) < 4.78 is 3.88. The minimum Gasteiger partial charge on any atom is -0.315 e. The number of nitrogens with zero attached hydrogens (tertiary/aromatic N) is 4. The summed E-state index contributed by atoms with van der Waals surface area (Å²) in [5.41, 5.74) is 3.62. The number of hydrogen-bond donors (Lipinski definition) is 1. The molecule has 20 heavy (non-hydrogen) atoms. The summed E-state index contributed by atoms with van der Waals surface area (Å²) in [5.74, 6) is 1.42. The highest BCUT2D eigenvalue weighted by atomic mass is 35.5. The molecule has 0 spiro atoms. The van der Waals surface area contributed by atoms with Crippen molar-refractivity contribution in [3.05, 3.63) is 32.3 Å². The van der Waals surface area contributed by atoms with Crippen molar-refractivity contribution in [2.24, 2.45) is 7.05 Å². The third-order valence-corrected chi connectivity index (χ3v) is 4.09. The number of aromatic nitrogens is 5. The normalized spacial score (nSPS) is 11.6. The maximum atomic E-state index is 11.3. The highest BCUT2D eigenvalue weighted by Crippen LogP contribution is 2.20. The van der Waals surface area contributed by atoms with Gasteiger partial charge in [-0.1, -0.05) is 11.3 Å². The summed E-state index contributed by atoms with van der Waals surface area (Å²) in [7, 11) is 1.90. The van der Waals surface area contributed by atoms with Gasteiger partial charge >= 0.3 is 4.87 Å². The summed E-state index contributed by atoms with van der Waals surface area (Å²) >= 11 is 7.02. The number of aryl methyl sites for hydroxylation is 3. The van der Waals surface area contributed by atoms with E-state index in [4.69, 9.17) is 11.6 Å². The molecule has 3 heterocycles. The van der Waals surface area contributed by atoms with E-state index in [1.165, 1.54) is 11.3 Å². The lowest BCUT2D eigenvalue weighted by Gasteiger charge is -2.07. The second-order valence-corrected chi connectivity index (χ2v) is 5.83. The largest absolute Gasteiger partial charge is 0.315 e. The average Bonchev–Trinajstić information content (AvgIpc) is 3.02. The van der Waals surface area contributed by atoms with Crippen LogP contribution >= 0.6 is 22.9 Å². The van der Waals surface area contributed by atoms with Gasteiger partial charge in [0.05, 0.1) is 12.2 Å². The SMILES string of the molecule is Cc1nn(C)c2c1nc(CCCl)n2Cc1csc(=O)[nH]1. The van der Waals surface area contributed by atoms with Crippen LogP contribution in [0.3, 0.4) is 0 Å². The standard InChI is InChI=1S/C12H14ClN5OS/c1-7-10-11(17(2)16-7)18(9(15-10)3-4-13)5-8-6-20-12(19)14-8/h6H,3-5H2,1-2H3,(H,14,19). The van der Waals surface area contributed by atoms with Crippen molar-refractivity contribution in [2.75, 3.05) is 5.88 Å². The molecule has 8 heteroatoms. The molecule has 0 aromatic carbocycles. The van der Waals surface area contributed by atoms with Gasteiger partial charge in [-0.3, -0.25) is 9.48 Å². The number of rotatable bonds is 4. The smallest absolute Gasteiger partial charge is 0.304 e. The monoisotopic (exact) mass is 311 g/mol. The highest BCUT2D eigenvalue weighted by Gasteiger charge is 2.17. The first kappa shape index (κ1) is 13.4. The Morgan fingerprint density at radius 3 is 2.95 bits per heavy atom. The van der Waals surface area contributed by atoms with Crippen molar-refractivity contribution >= 4 is 34.1 Å². The van der Waals surface area contributed by atoms with Gasteiger partial charge in [0.1, 0.15) is 11.3 Å². The van der Waals surface area contributed by atoms with E-state index in [1.807, 2.05) is 24.0 Å². The van der Waals surface area contributed by atoms with E-state index in [-0.39, 0.29) is 4.87 Å². The van der Waals surface area contributed by atoms with Gasteiger partial charge in [-0.15, -0.1) is 11.6 Å². The van der Waals surface area contributed by atoms with E-state index in [9.17, 15) is 4.79 Å². The first-order valence-electron chi connectivity index (χ1n) is 6.21. The second kappa shape index (κ2) is 5.06.